The molecule has 2 nitrogen and oxygen atoms in total. The van der Waals surface area contributed by atoms with Crippen LogP contribution in [0.4, 0.5) is 5.69 Å². The van der Waals surface area contributed by atoms with Crippen LogP contribution in [-0.4, -0.2) is 6.54 Å². The second kappa shape index (κ2) is 6.61. The molecule has 1 atom stereocenters. The van der Waals surface area contributed by atoms with Crippen LogP contribution >= 0.6 is 27.5 Å². The van der Waals surface area contributed by atoms with E-state index < -0.39 is 0 Å². The quantitative estimate of drug-likeness (QED) is 0.826. The van der Waals surface area contributed by atoms with Gasteiger partial charge < -0.3 is 11.1 Å². The summed E-state index contributed by atoms with van der Waals surface area (Å²) >= 11 is 9.44. The Hall–Kier alpha value is -1.03. The summed E-state index contributed by atoms with van der Waals surface area (Å²) in [7, 11) is 0. The van der Waals surface area contributed by atoms with Crippen LogP contribution in [0.2, 0.25) is 5.02 Å². The topological polar surface area (TPSA) is 38.0 Å². The molecule has 0 aromatic heterocycles. The molecule has 0 aliphatic rings. The second-order valence-electron chi connectivity index (χ2n) is 4.91. The predicted octanol–water partition coefficient (Wildman–Crippen LogP) is 4.83. The van der Waals surface area contributed by atoms with Gasteiger partial charge >= 0.3 is 0 Å². The highest BCUT2D eigenvalue weighted by Crippen LogP contribution is 2.28. The van der Waals surface area contributed by atoms with Gasteiger partial charge in [0, 0.05) is 16.7 Å². The lowest BCUT2D eigenvalue weighted by Crippen LogP contribution is -2.20. The van der Waals surface area contributed by atoms with Gasteiger partial charge in [-0.15, -0.1) is 0 Å². The molecule has 0 saturated carbocycles. The maximum Gasteiger partial charge on any atom is 0.0636 e. The summed E-state index contributed by atoms with van der Waals surface area (Å²) in [4.78, 5) is 0. The van der Waals surface area contributed by atoms with Crippen molar-refractivity contribution in [3.8, 4) is 0 Å². The minimum atomic E-state index is 0.0855. The largest absolute Gasteiger partial charge is 0.377 e. The molecular weight excluding hydrogens is 336 g/mol. The zero-order chi connectivity index (χ0) is 14.7. The third kappa shape index (κ3) is 3.54. The van der Waals surface area contributed by atoms with Gasteiger partial charge in [-0.25, -0.2) is 0 Å². The number of rotatable bonds is 4. The van der Waals surface area contributed by atoms with Crippen molar-refractivity contribution in [1.29, 1.82) is 0 Å². The summed E-state index contributed by atoms with van der Waals surface area (Å²) < 4.78 is 0.875. The monoisotopic (exact) mass is 352 g/mol. The third-order valence-corrected chi connectivity index (χ3v) is 4.64. The first kappa shape index (κ1) is 15.4. The van der Waals surface area contributed by atoms with Gasteiger partial charge in [0.1, 0.15) is 0 Å². The van der Waals surface area contributed by atoms with Crippen molar-refractivity contribution in [2.24, 2.45) is 5.73 Å². The summed E-state index contributed by atoms with van der Waals surface area (Å²) in [6.45, 7) is 4.76. The van der Waals surface area contributed by atoms with Gasteiger partial charge in [0.05, 0.1) is 11.1 Å². The number of aryl methyl sites for hydroxylation is 2. The Morgan fingerprint density at radius 3 is 2.50 bits per heavy atom. The van der Waals surface area contributed by atoms with E-state index in [1.807, 2.05) is 18.2 Å². The molecule has 0 amide bonds. The van der Waals surface area contributed by atoms with Crippen LogP contribution in [0.3, 0.4) is 0 Å². The number of nitrogens with two attached hydrogens (primary N) is 1. The van der Waals surface area contributed by atoms with E-state index in [-0.39, 0.29) is 6.04 Å². The van der Waals surface area contributed by atoms with Gasteiger partial charge in [-0.3, -0.25) is 0 Å². The second-order valence-corrected chi connectivity index (χ2v) is 6.17. The van der Waals surface area contributed by atoms with E-state index in [0.717, 1.165) is 10.2 Å². The smallest absolute Gasteiger partial charge is 0.0636 e. The van der Waals surface area contributed by atoms with Gasteiger partial charge in [-0.2, -0.15) is 0 Å². The average Bonchev–Trinajstić information content (AvgIpc) is 2.43. The fourth-order valence-corrected chi connectivity index (χ4v) is 2.54. The van der Waals surface area contributed by atoms with E-state index in [9.17, 15) is 0 Å². The fraction of sp³-hybridized carbons (Fsp3) is 0.250. The lowest BCUT2D eigenvalue weighted by atomic mass is 10.0. The van der Waals surface area contributed by atoms with Crippen LogP contribution in [0.5, 0.6) is 0 Å². The Balaban J connectivity index is 2.23. The van der Waals surface area contributed by atoms with Gasteiger partial charge in [0.2, 0.25) is 0 Å². The molecule has 2 aromatic rings. The number of halogens is 2. The van der Waals surface area contributed by atoms with E-state index in [0.29, 0.717) is 11.6 Å². The Kier molecular flexibility index (Phi) is 5.08. The Morgan fingerprint density at radius 1 is 1.15 bits per heavy atom. The fourth-order valence-electron chi connectivity index (χ4n) is 2.05. The number of hydrogen-bond donors (Lipinski definition) is 2. The molecule has 4 heteroatoms. The van der Waals surface area contributed by atoms with Gasteiger partial charge in [-0.1, -0.05) is 29.8 Å². The normalized spacial score (nSPS) is 12.2. The molecule has 1 unspecified atom stereocenters. The minimum Gasteiger partial charge on any atom is -0.377 e. The molecule has 0 aliphatic carbocycles. The summed E-state index contributed by atoms with van der Waals surface area (Å²) in [5.74, 6) is 0. The van der Waals surface area contributed by atoms with Crippen molar-refractivity contribution in [3.63, 3.8) is 0 Å². The van der Waals surface area contributed by atoms with Crippen LogP contribution < -0.4 is 11.1 Å². The summed E-state index contributed by atoms with van der Waals surface area (Å²) in [5, 5.41) is 4.15. The molecule has 20 heavy (non-hydrogen) atoms. The van der Waals surface area contributed by atoms with Gasteiger partial charge in [0.15, 0.2) is 0 Å². The zero-order valence-corrected chi connectivity index (χ0v) is 13.9. The lowest BCUT2D eigenvalue weighted by molar-refractivity contribution is 0.788. The van der Waals surface area contributed by atoms with Crippen LogP contribution in [0.15, 0.2) is 40.9 Å². The molecule has 106 valence electrons. The summed E-state index contributed by atoms with van der Waals surface area (Å²) in [6.07, 6.45) is 0. The van der Waals surface area contributed by atoms with Crippen LogP contribution in [-0.2, 0) is 0 Å². The standard InChI is InChI=1S/C16H18BrClN2/c1-10-3-4-12(7-11(10)2)16(9-19)20-13-5-6-15(18)14(17)8-13/h3-8,16,20H,9,19H2,1-2H3. The summed E-state index contributed by atoms with van der Waals surface area (Å²) in [6, 6.07) is 12.3. The van der Waals surface area contributed by atoms with Crippen molar-refractivity contribution < 1.29 is 0 Å². The highest BCUT2D eigenvalue weighted by atomic mass is 79.9. The first-order valence-corrected chi connectivity index (χ1v) is 7.67. The van der Waals surface area contributed by atoms with E-state index >= 15 is 0 Å². The van der Waals surface area contributed by atoms with Crippen LogP contribution in [0, 0.1) is 13.8 Å². The highest BCUT2D eigenvalue weighted by molar-refractivity contribution is 9.10. The first-order chi connectivity index (χ1) is 9.51. The van der Waals surface area contributed by atoms with E-state index in [1.165, 1.54) is 16.7 Å². The SMILES string of the molecule is Cc1ccc(C(CN)Nc2ccc(Cl)c(Br)c2)cc1C. The maximum atomic E-state index is 6.01. The van der Waals surface area contributed by atoms with Gasteiger partial charge in [-0.05, 0) is 64.7 Å². The van der Waals surface area contributed by atoms with Crippen molar-refractivity contribution in [2.75, 3.05) is 11.9 Å². The third-order valence-electron chi connectivity index (χ3n) is 3.43. The average molecular weight is 354 g/mol. The molecule has 0 fully saturated rings. The highest BCUT2D eigenvalue weighted by Gasteiger charge is 2.11. The van der Waals surface area contributed by atoms with Gasteiger partial charge in [0.25, 0.3) is 0 Å². The van der Waals surface area contributed by atoms with Crippen molar-refractivity contribution >= 4 is 33.2 Å². The molecule has 3 N–H and O–H groups in total. The Bertz CT molecular complexity index is 613. The number of anilines is 1. The molecule has 0 bridgehead atoms. The number of benzene rings is 2. The number of hydrogen-bond acceptors (Lipinski definition) is 2. The zero-order valence-electron chi connectivity index (χ0n) is 11.6. The van der Waals surface area contributed by atoms with Crippen LogP contribution in [0.1, 0.15) is 22.7 Å². The van der Waals surface area contributed by atoms with E-state index in [4.69, 9.17) is 17.3 Å². The molecule has 0 heterocycles. The predicted molar refractivity (Wildman–Crippen MR) is 90.5 cm³/mol. The number of nitrogens with one attached hydrogen (secondary N) is 1. The van der Waals surface area contributed by atoms with Crippen LogP contribution in [0.25, 0.3) is 0 Å². The molecule has 0 aliphatic heterocycles. The molecule has 2 rings (SSSR count). The first-order valence-electron chi connectivity index (χ1n) is 6.50. The molecule has 0 radical (unpaired) electrons. The maximum absolute atomic E-state index is 6.01. The molecule has 2 aromatic carbocycles. The molecule has 0 spiro atoms. The Morgan fingerprint density at radius 2 is 1.90 bits per heavy atom. The van der Waals surface area contributed by atoms with Crippen molar-refractivity contribution in [3.05, 3.63) is 62.6 Å². The summed E-state index contributed by atoms with van der Waals surface area (Å²) in [5.41, 5.74) is 10.7. The molecule has 0 saturated heterocycles. The molecular formula is C16H18BrClN2. The van der Waals surface area contributed by atoms with Crippen molar-refractivity contribution in [1.82, 2.24) is 0 Å². The minimum absolute atomic E-state index is 0.0855. The van der Waals surface area contributed by atoms with E-state index in [2.05, 4.69) is 53.3 Å². The Labute approximate surface area is 133 Å². The lowest BCUT2D eigenvalue weighted by Gasteiger charge is -2.20. The van der Waals surface area contributed by atoms with Crippen molar-refractivity contribution in [2.45, 2.75) is 19.9 Å². The van der Waals surface area contributed by atoms with E-state index in [1.54, 1.807) is 0 Å².